The lowest BCUT2D eigenvalue weighted by Crippen LogP contribution is -2.12. The quantitative estimate of drug-likeness (QED) is 0.890. The molecule has 2 aromatic rings. The Morgan fingerprint density at radius 3 is 2.76 bits per heavy atom. The molecule has 0 aliphatic rings. The molecule has 1 heterocycles. The molecule has 0 spiro atoms. The van der Waals surface area contributed by atoms with Crippen molar-refractivity contribution < 1.29 is 4.39 Å². The second-order valence-electron chi connectivity index (χ2n) is 3.80. The van der Waals surface area contributed by atoms with Gasteiger partial charge in [-0.2, -0.15) is 0 Å². The average molecular weight is 270 g/mol. The summed E-state index contributed by atoms with van der Waals surface area (Å²) in [6.45, 7) is 2.08. The van der Waals surface area contributed by atoms with Gasteiger partial charge in [0.15, 0.2) is 0 Å². The maximum atomic E-state index is 13.7. The van der Waals surface area contributed by atoms with Gasteiger partial charge < -0.3 is 5.73 Å². The second-order valence-corrected chi connectivity index (χ2v) is 5.44. The molecule has 0 bridgehead atoms. The highest BCUT2D eigenvalue weighted by Crippen LogP contribution is 2.29. The van der Waals surface area contributed by atoms with Gasteiger partial charge in [-0.25, -0.2) is 4.39 Å². The summed E-state index contributed by atoms with van der Waals surface area (Å²) in [6, 6.07) is 8.01. The predicted molar refractivity (Wildman–Crippen MR) is 71.1 cm³/mol. The zero-order valence-corrected chi connectivity index (χ0v) is 11.0. The highest BCUT2D eigenvalue weighted by Gasteiger charge is 2.15. The molecule has 0 saturated carbocycles. The predicted octanol–water partition coefficient (Wildman–Crippen LogP) is 4.15. The summed E-state index contributed by atoms with van der Waals surface area (Å²) in [7, 11) is 0. The summed E-state index contributed by atoms with van der Waals surface area (Å²) >= 11 is 7.48. The van der Waals surface area contributed by atoms with Crippen molar-refractivity contribution in [2.75, 3.05) is 0 Å². The summed E-state index contributed by atoms with van der Waals surface area (Å²) in [5.74, 6) is -0.312. The number of hydrogen-bond donors (Lipinski definition) is 1. The third-order valence-electron chi connectivity index (χ3n) is 2.63. The van der Waals surface area contributed by atoms with Gasteiger partial charge in [-0.05, 0) is 36.8 Å². The Morgan fingerprint density at radius 2 is 2.12 bits per heavy atom. The summed E-state index contributed by atoms with van der Waals surface area (Å²) in [6.07, 6.45) is 0.968. The molecule has 4 heteroatoms. The van der Waals surface area contributed by atoms with Gasteiger partial charge in [0.25, 0.3) is 0 Å². The van der Waals surface area contributed by atoms with Crippen molar-refractivity contribution in [3.8, 4) is 0 Å². The van der Waals surface area contributed by atoms with Crippen LogP contribution in [-0.2, 0) is 6.42 Å². The van der Waals surface area contributed by atoms with E-state index in [4.69, 9.17) is 17.3 Å². The molecule has 1 aromatic heterocycles. The van der Waals surface area contributed by atoms with E-state index < -0.39 is 6.04 Å². The molecule has 1 unspecified atom stereocenters. The van der Waals surface area contributed by atoms with Gasteiger partial charge in [-0.1, -0.05) is 18.5 Å². The number of nitrogens with two attached hydrogens (primary N) is 1. The summed E-state index contributed by atoms with van der Waals surface area (Å²) < 4.78 is 13.7. The molecule has 2 rings (SSSR count). The zero-order valence-electron chi connectivity index (χ0n) is 9.41. The number of benzene rings is 1. The minimum Gasteiger partial charge on any atom is -0.320 e. The van der Waals surface area contributed by atoms with Gasteiger partial charge in [0.05, 0.1) is 6.04 Å². The fourth-order valence-electron chi connectivity index (χ4n) is 1.66. The first-order valence-corrected chi connectivity index (χ1v) is 6.60. The largest absolute Gasteiger partial charge is 0.320 e. The lowest BCUT2D eigenvalue weighted by Gasteiger charge is -2.11. The Kier molecular flexibility index (Phi) is 3.82. The lowest BCUT2D eigenvalue weighted by molar-refractivity contribution is 0.601. The number of aryl methyl sites for hydroxylation is 1. The van der Waals surface area contributed by atoms with Crippen molar-refractivity contribution in [1.29, 1.82) is 0 Å². The van der Waals surface area contributed by atoms with E-state index in [0.29, 0.717) is 10.6 Å². The molecule has 90 valence electrons. The zero-order chi connectivity index (χ0) is 12.4. The summed E-state index contributed by atoms with van der Waals surface area (Å²) in [5, 5.41) is 0.504. The van der Waals surface area contributed by atoms with Crippen molar-refractivity contribution in [3.63, 3.8) is 0 Å². The van der Waals surface area contributed by atoms with E-state index >= 15 is 0 Å². The van der Waals surface area contributed by atoms with Gasteiger partial charge >= 0.3 is 0 Å². The molecule has 17 heavy (non-hydrogen) atoms. The lowest BCUT2D eigenvalue weighted by atomic mass is 10.1. The third kappa shape index (κ3) is 2.68. The van der Waals surface area contributed by atoms with Crippen LogP contribution >= 0.6 is 22.9 Å². The topological polar surface area (TPSA) is 26.0 Å². The van der Waals surface area contributed by atoms with Crippen LogP contribution in [0.5, 0.6) is 0 Å². The highest BCUT2D eigenvalue weighted by molar-refractivity contribution is 7.12. The first-order chi connectivity index (χ1) is 8.11. The Morgan fingerprint density at radius 1 is 1.35 bits per heavy atom. The van der Waals surface area contributed by atoms with Crippen LogP contribution in [-0.4, -0.2) is 0 Å². The van der Waals surface area contributed by atoms with Crippen LogP contribution in [0.25, 0.3) is 0 Å². The molecule has 0 fully saturated rings. The minimum atomic E-state index is -0.445. The van der Waals surface area contributed by atoms with E-state index in [1.807, 2.05) is 12.1 Å². The SMILES string of the molecule is CCc1ccc(C(N)c2cc(Cl)ccc2F)s1. The van der Waals surface area contributed by atoms with Gasteiger partial charge in [0.2, 0.25) is 0 Å². The minimum absolute atomic E-state index is 0.312. The van der Waals surface area contributed by atoms with Gasteiger partial charge in [-0.3, -0.25) is 0 Å². The van der Waals surface area contributed by atoms with E-state index in [1.165, 1.54) is 17.0 Å². The second kappa shape index (κ2) is 5.17. The molecular weight excluding hydrogens is 257 g/mol. The maximum Gasteiger partial charge on any atom is 0.128 e. The first-order valence-electron chi connectivity index (χ1n) is 5.41. The van der Waals surface area contributed by atoms with Crippen LogP contribution in [0.4, 0.5) is 4.39 Å². The van der Waals surface area contributed by atoms with Crippen LogP contribution in [0.3, 0.4) is 0 Å². The van der Waals surface area contributed by atoms with Crippen LogP contribution < -0.4 is 5.73 Å². The normalized spacial score (nSPS) is 12.7. The molecule has 1 atom stereocenters. The smallest absolute Gasteiger partial charge is 0.128 e. The van der Waals surface area contributed by atoms with Crippen LogP contribution in [0.15, 0.2) is 30.3 Å². The number of rotatable bonds is 3. The van der Waals surface area contributed by atoms with E-state index in [-0.39, 0.29) is 5.82 Å². The van der Waals surface area contributed by atoms with E-state index in [9.17, 15) is 4.39 Å². The molecule has 1 nitrogen and oxygen atoms in total. The molecule has 0 radical (unpaired) electrons. The molecule has 0 aliphatic heterocycles. The summed E-state index contributed by atoms with van der Waals surface area (Å²) in [5.41, 5.74) is 6.51. The molecule has 2 N–H and O–H groups in total. The van der Waals surface area contributed by atoms with Crippen molar-refractivity contribution >= 4 is 22.9 Å². The van der Waals surface area contributed by atoms with Crippen molar-refractivity contribution in [1.82, 2.24) is 0 Å². The Bertz CT molecular complexity index is 524. The van der Waals surface area contributed by atoms with Crippen molar-refractivity contribution in [2.24, 2.45) is 5.73 Å². The fraction of sp³-hybridized carbons (Fsp3) is 0.231. The summed E-state index contributed by atoms with van der Waals surface area (Å²) in [4.78, 5) is 2.21. The first kappa shape index (κ1) is 12.6. The van der Waals surface area contributed by atoms with Crippen LogP contribution in [0, 0.1) is 5.82 Å². The number of thiophene rings is 1. The average Bonchev–Trinajstić information content (AvgIpc) is 2.80. The van der Waals surface area contributed by atoms with Crippen molar-refractivity contribution in [3.05, 3.63) is 56.5 Å². The van der Waals surface area contributed by atoms with Gasteiger partial charge in [0, 0.05) is 20.3 Å². The molecule has 0 amide bonds. The fourth-order valence-corrected chi connectivity index (χ4v) is 2.81. The third-order valence-corrected chi connectivity index (χ3v) is 4.18. The maximum absolute atomic E-state index is 13.7. The van der Waals surface area contributed by atoms with Gasteiger partial charge in [0.1, 0.15) is 5.82 Å². The van der Waals surface area contributed by atoms with Crippen molar-refractivity contribution in [2.45, 2.75) is 19.4 Å². The number of halogens is 2. The van der Waals surface area contributed by atoms with Gasteiger partial charge in [-0.15, -0.1) is 11.3 Å². The monoisotopic (exact) mass is 269 g/mol. The Hall–Kier alpha value is -0.900. The molecular formula is C13H13ClFNS. The van der Waals surface area contributed by atoms with Crippen LogP contribution in [0.2, 0.25) is 5.02 Å². The molecule has 0 aliphatic carbocycles. The highest BCUT2D eigenvalue weighted by atomic mass is 35.5. The molecule has 0 saturated heterocycles. The molecule has 1 aromatic carbocycles. The van der Waals surface area contributed by atoms with E-state index in [0.717, 1.165) is 11.3 Å². The van der Waals surface area contributed by atoms with E-state index in [1.54, 1.807) is 17.4 Å². The number of hydrogen-bond acceptors (Lipinski definition) is 2. The Labute approximate surface area is 109 Å². The van der Waals surface area contributed by atoms with Crippen LogP contribution in [0.1, 0.15) is 28.3 Å². The Balaban J connectivity index is 2.35. The van der Waals surface area contributed by atoms with E-state index in [2.05, 4.69) is 6.92 Å². The standard InChI is InChI=1S/C13H13ClFNS/c1-2-9-4-6-12(17-9)13(16)10-7-8(14)3-5-11(10)15/h3-7,13H,2,16H2,1H3.